The van der Waals surface area contributed by atoms with Gasteiger partial charge in [0.05, 0.1) is 12.0 Å². The molecule has 3 aromatic rings. The van der Waals surface area contributed by atoms with E-state index in [4.69, 9.17) is 9.47 Å². The van der Waals surface area contributed by atoms with Gasteiger partial charge in [-0.25, -0.2) is 9.37 Å². The van der Waals surface area contributed by atoms with Crippen LogP contribution in [0.5, 0.6) is 11.5 Å². The Hall–Kier alpha value is -3.02. The first kappa shape index (κ1) is 16.4. The smallest absolute Gasteiger partial charge is 0.231 e. The van der Waals surface area contributed by atoms with Gasteiger partial charge in [0.25, 0.3) is 0 Å². The fourth-order valence-corrected chi connectivity index (χ4v) is 3.04. The molecule has 0 amide bonds. The number of halogens is 1. The first-order valence-electron chi connectivity index (χ1n) is 8.62. The van der Waals surface area contributed by atoms with Crippen molar-refractivity contribution < 1.29 is 13.9 Å². The predicted molar refractivity (Wildman–Crippen MR) is 97.5 cm³/mol. The van der Waals surface area contributed by atoms with Crippen LogP contribution in [0, 0.1) is 5.82 Å². The van der Waals surface area contributed by atoms with E-state index < -0.39 is 0 Å². The second kappa shape index (κ2) is 7.07. The summed E-state index contributed by atoms with van der Waals surface area (Å²) in [4.78, 5) is 3.95. The molecule has 6 heteroatoms. The van der Waals surface area contributed by atoms with Crippen LogP contribution in [0.25, 0.3) is 5.69 Å². The van der Waals surface area contributed by atoms with Gasteiger partial charge in [-0.2, -0.15) is 0 Å². The molecular formula is C20H20FN3O2. The lowest BCUT2D eigenvalue weighted by molar-refractivity contribution is 0.174. The lowest BCUT2D eigenvalue weighted by atomic mass is 10.1. The summed E-state index contributed by atoms with van der Waals surface area (Å²) < 4.78 is 26.7. The van der Waals surface area contributed by atoms with Crippen LogP contribution in [-0.4, -0.2) is 22.4 Å². The Bertz CT molecular complexity index is 896. The van der Waals surface area contributed by atoms with Crippen molar-refractivity contribution in [2.24, 2.45) is 0 Å². The number of hydrogen-bond acceptors (Lipinski definition) is 4. The monoisotopic (exact) mass is 353 g/mol. The standard InChI is InChI=1S/C20H20FN3O2/c1-14(2-3-15-4-7-19-20(10-15)26-13-25-19)23-16-5-6-18(17(21)11-16)24-9-8-22-12-24/h4-12,14,23H,2-3,13H2,1H3. The Morgan fingerprint density at radius 2 is 2.08 bits per heavy atom. The minimum Gasteiger partial charge on any atom is -0.454 e. The van der Waals surface area contributed by atoms with E-state index in [1.807, 2.05) is 18.2 Å². The van der Waals surface area contributed by atoms with Crippen molar-refractivity contribution in [2.75, 3.05) is 12.1 Å². The van der Waals surface area contributed by atoms with Gasteiger partial charge in [0, 0.05) is 24.1 Å². The highest BCUT2D eigenvalue weighted by molar-refractivity contribution is 5.50. The fourth-order valence-electron chi connectivity index (χ4n) is 3.04. The summed E-state index contributed by atoms with van der Waals surface area (Å²) in [6, 6.07) is 11.4. The largest absolute Gasteiger partial charge is 0.454 e. The summed E-state index contributed by atoms with van der Waals surface area (Å²) in [5.74, 6) is 1.32. The zero-order valence-electron chi connectivity index (χ0n) is 14.5. The highest BCUT2D eigenvalue weighted by Gasteiger charge is 2.14. The Labute approximate surface area is 151 Å². The molecule has 1 aliphatic rings. The first-order chi connectivity index (χ1) is 12.7. The van der Waals surface area contributed by atoms with E-state index in [0.717, 1.165) is 30.0 Å². The molecule has 2 aromatic carbocycles. The summed E-state index contributed by atoms with van der Waals surface area (Å²) in [5, 5.41) is 3.36. The van der Waals surface area contributed by atoms with Gasteiger partial charge in [0.2, 0.25) is 6.79 Å². The topological polar surface area (TPSA) is 48.3 Å². The Morgan fingerprint density at radius 3 is 2.88 bits per heavy atom. The van der Waals surface area contributed by atoms with Crippen molar-refractivity contribution in [3.05, 3.63) is 66.5 Å². The van der Waals surface area contributed by atoms with E-state index in [1.165, 1.54) is 11.6 Å². The van der Waals surface area contributed by atoms with Crippen molar-refractivity contribution in [3.8, 4) is 17.2 Å². The fraction of sp³-hybridized carbons (Fsp3) is 0.250. The van der Waals surface area contributed by atoms with E-state index >= 15 is 0 Å². The van der Waals surface area contributed by atoms with Gasteiger partial charge in [-0.3, -0.25) is 0 Å². The quantitative estimate of drug-likeness (QED) is 0.722. The van der Waals surface area contributed by atoms with Gasteiger partial charge in [0.1, 0.15) is 5.82 Å². The summed E-state index contributed by atoms with van der Waals surface area (Å²) in [7, 11) is 0. The van der Waals surface area contributed by atoms with Crippen LogP contribution in [0.1, 0.15) is 18.9 Å². The van der Waals surface area contributed by atoms with Crippen LogP contribution in [0.4, 0.5) is 10.1 Å². The first-order valence-corrected chi connectivity index (χ1v) is 8.62. The second-order valence-electron chi connectivity index (χ2n) is 6.41. The molecule has 0 spiro atoms. The molecular weight excluding hydrogens is 333 g/mol. The van der Waals surface area contributed by atoms with E-state index in [2.05, 4.69) is 23.3 Å². The molecule has 134 valence electrons. The van der Waals surface area contributed by atoms with E-state index in [-0.39, 0.29) is 18.7 Å². The molecule has 1 atom stereocenters. The SMILES string of the molecule is CC(CCc1ccc2c(c1)OCO2)Nc1ccc(-n2ccnc2)c(F)c1. The average molecular weight is 353 g/mol. The lowest BCUT2D eigenvalue weighted by Gasteiger charge is -2.16. The van der Waals surface area contributed by atoms with E-state index in [9.17, 15) is 4.39 Å². The number of nitrogens with zero attached hydrogens (tertiary/aromatic N) is 2. The molecule has 1 N–H and O–H groups in total. The number of aromatic nitrogens is 2. The van der Waals surface area contributed by atoms with Crippen LogP contribution in [-0.2, 0) is 6.42 Å². The van der Waals surface area contributed by atoms with Gasteiger partial charge in [-0.1, -0.05) is 6.07 Å². The molecule has 0 aliphatic carbocycles. The van der Waals surface area contributed by atoms with Gasteiger partial charge in [0.15, 0.2) is 11.5 Å². The second-order valence-corrected chi connectivity index (χ2v) is 6.41. The molecule has 26 heavy (non-hydrogen) atoms. The predicted octanol–water partition coefficient (Wildman–Crippen LogP) is 4.17. The normalized spacial score (nSPS) is 13.6. The van der Waals surface area contributed by atoms with Gasteiger partial charge in [-0.05, 0) is 55.7 Å². The molecule has 0 bridgehead atoms. The van der Waals surface area contributed by atoms with Crippen molar-refractivity contribution in [2.45, 2.75) is 25.8 Å². The number of rotatable bonds is 6. The molecule has 1 unspecified atom stereocenters. The summed E-state index contributed by atoms with van der Waals surface area (Å²) in [5.41, 5.74) is 2.45. The zero-order chi connectivity index (χ0) is 17.9. The van der Waals surface area contributed by atoms with Crippen molar-refractivity contribution >= 4 is 5.69 Å². The lowest BCUT2D eigenvalue weighted by Crippen LogP contribution is -2.16. The minimum absolute atomic E-state index is 0.207. The number of aryl methyl sites for hydroxylation is 1. The average Bonchev–Trinajstić information content (AvgIpc) is 3.31. The molecule has 2 heterocycles. The molecule has 0 saturated carbocycles. The highest BCUT2D eigenvalue weighted by Crippen LogP contribution is 2.33. The van der Waals surface area contributed by atoms with Gasteiger partial charge in [-0.15, -0.1) is 0 Å². The molecule has 1 aromatic heterocycles. The maximum absolute atomic E-state index is 14.3. The number of hydrogen-bond donors (Lipinski definition) is 1. The van der Waals surface area contributed by atoms with E-state index in [0.29, 0.717) is 5.69 Å². The van der Waals surface area contributed by atoms with Crippen LogP contribution in [0.2, 0.25) is 0 Å². The third-order valence-corrected chi connectivity index (χ3v) is 4.45. The van der Waals surface area contributed by atoms with E-state index in [1.54, 1.807) is 29.4 Å². The minimum atomic E-state index is -0.282. The van der Waals surface area contributed by atoms with Crippen LogP contribution in [0.15, 0.2) is 55.1 Å². The van der Waals surface area contributed by atoms with Crippen LogP contribution >= 0.6 is 0 Å². The van der Waals surface area contributed by atoms with Gasteiger partial charge >= 0.3 is 0 Å². The maximum atomic E-state index is 14.3. The Kier molecular flexibility index (Phi) is 4.48. The zero-order valence-corrected chi connectivity index (χ0v) is 14.5. The highest BCUT2D eigenvalue weighted by atomic mass is 19.1. The molecule has 1 aliphatic heterocycles. The number of nitrogens with one attached hydrogen (secondary N) is 1. The van der Waals surface area contributed by atoms with Crippen LogP contribution < -0.4 is 14.8 Å². The number of benzene rings is 2. The van der Waals surface area contributed by atoms with Crippen molar-refractivity contribution in [1.29, 1.82) is 0 Å². The van der Waals surface area contributed by atoms with Crippen LogP contribution in [0.3, 0.4) is 0 Å². The van der Waals surface area contributed by atoms with Gasteiger partial charge < -0.3 is 19.4 Å². The Morgan fingerprint density at radius 1 is 1.19 bits per heavy atom. The molecule has 0 fully saturated rings. The molecule has 4 rings (SSSR count). The molecule has 0 radical (unpaired) electrons. The molecule has 5 nitrogen and oxygen atoms in total. The number of imidazole rings is 1. The number of ether oxygens (including phenoxy) is 2. The third kappa shape index (κ3) is 3.49. The molecule has 0 saturated heterocycles. The Balaban J connectivity index is 1.36. The maximum Gasteiger partial charge on any atom is 0.231 e. The summed E-state index contributed by atoms with van der Waals surface area (Å²) >= 11 is 0. The summed E-state index contributed by atoms with van der Waals surface area (Å²) in [6.45, 7) is 2.38. The van der Waals surface area contributed by atoms with Crippen molar-refractivity contribution in [3.63, 3.8) is 0 Å². The summed E-state index contributed by atoms with van der Waals surface area (Å²) in [6.07, 6.45) is 6.76. The van der Waals surface area contributed by atoms with Crippen molar-refractivity contribution in [1.82, 2.24) is 9.55 Å². The number of fused-ring (bicyclic) bond motifs is 1. The number of anilines is 1. The third-order valence-electron chi connectivity index (χ3n) is 4.45.